The first-order chi connectivity index (χ1) is 13.8. The Morgan fingerprint density at radius 3 is 2.71 bits per heavy atom. The minimum atomic E-state index is -0.176. The number of carbonyl (C=O) groups excluding carboxylic acids is 1. The number of imidazole rings is 1. The van der Waals surface area contributed by atoms with Crippen molar-refractivity contribution < 1.29 is 4.79 Å². The van der Waals surface area contributed by atoms with Gasteiger partial charge in [-0.15, -0.1) is 0 Å². The molecule has 1 aliphatic heterocycles. The first-order valence-electron chi connectivity index (χ1n) is 10.0. The summed E-state index contributed by atoms with van der Waals surface area (Å²) < 4.78 is 2.24. The summed E-state index contributed by atoms with van der Waals surface area (Å²) in [6.45, 7) is 1.67. The highest BCUT2D eigenvalue weighted by Gasteiger charge is 2.15. The fraction of sp³-hybridized carbons (Fsp3) is 0.304. The number of nitrogens with zero attached hydrogens (tertiary/aromatic N) is 2. The van der Waals surface area contributed by atoms with Crippen molar-refractivity contribution in [2.75, 3.05) is 11.9 Å². The summed E-state index contributed by atoms with van der Waals surface area (Å²) in [5, 5.41) is 5.94. The van der Waals surface area contributed by atoms with Gasteiger partial charge in [0.25, 0.3) is 0 Å². The number of benzene rings is 2. The molecule has 0 unspecified atom stereocenters. The zero-order chi connectivity index (χ0) is 19.2. The van der Waals surface area contributed by atoms with E-state index in [9.17, 15) is 4.79 Å². The molecule has 0 radical (unpaired) electrons. The summed E-state index contributed by atoms with van der Waals surface area (Å²) in [6, 6.07) is 18.0. The molecule has 0 atom stereocenters. The van der Waals surface area contributed by atoms with E-state index in [4.69, 9.17) is 4.98 Å². The maximum Gasteiger partial charge on any atom is 0.319 e. The Kier molecular flexibility index (Phi) is 5.71. The number of nitrogens with one attached hydrogen (secondary N) is 2. The molecule has 2 heterocycles. The van der Waals surface area contributed by atoms with Gasteiger partial charge in [0, 0.05) is 31.3 Å². The molecular formula is C23H26N4O. The van der Waals surface area contributed by atoms with E-state index in [0.29, 0.717) is 6.54 Å². The van der Waals surface area contributed by atoms with Crippen molar-refractivity contribution in [1.82, 2.24) is 14.9 Å². The monoisotopic (exact) mass is 374 g/mol. The van der Waals surface area contributed by atoms with E-state index in [1.165, 1.54) is 18.4 Å². The molecule has 5 heteroatoms. The van der Waals surface area contributed by atoms with Gasteiger partial charge in [0.1, 0.15) is 5.82 Å². The Labute approximate surface area is 165 Å². The van der Waals surface area contributed by atoms with Gasteiger partial charge in [0.2, 0.25) is 0 Å². The van der Waals surface area contributed by atoms with Crippen LogP contribution in [0, 0.1) is 0 Å². The molecule has 0 saturated carbocycles. The molecule has 2 N–H and O–H groups in total. The lowest BCUT2D eigenvalue weighted by atomic mass is 10.1. The number of fused-ring (bicyclic) bond motifs is 1. The van der Waals surface area contributed by atoms with Crippen LogP contribution < -0.4 is 10.6 Å². The molecule has 0 saturated heterocycles. The number of para-hydroxylation sites is 1. The second-order valence-electron chi connectivity index (χ2n) is 7.21. The molecule has 1 aliphatic rings. The van der Waals surface area contributed by atoms with Crippen LogP contribution in [0.4, 0.5) is 10.5 Å². The van der Waals surface area contributed by atoms with E-state index in [1.54, 1.807) is 0 Å². The summed E-state index contributed by atoms with van der Waals surface area (Å²) in [4.78, 5) is 17.1. The Balaban J connectivity index is 1.35. The largest absolute Gasteiger partial charge is 0.338 e. The van der Waals surface area contributed by atoms with Gasteiger partial charge < -0.3 is 15.2 Å². The van der Waals surface area contributed by atoms with E-state index < -0.39 is 0 Å². The molecule has 1 aromatic heterocycles. The molecule has 5 nitrogen and oxygen atoms in total. The van der Waals surface area contributed by atoms with Crippen molar-refractivity contribution in [2.45, 2.75) is 38.6 Å². The fourth-order valence-electron chi connectivity index (χ4n) is 3.66. The number of aromatic nitrogens is 2. The van der Waals surface area contributed by atoms with Gasteiger partial charge in [0.15, 0.2) is 0 Å². The number of hydrogen-bond acceptors (Lipinski definition) is 2. The predicted octanol–water partition coefficient (Wildman–Crippen LogP) is 4.64. The molecule has 3 aromatic rings. The van der Waals surface area contributed by atoms with Gasteiger partial charge in [-0.2, -0.15) is 0 Å². The highest BCUT2D eigenvalue weighted by molar-refractivity contribution is 5.93. The van der Waals surface area contributed by atoms with E-state index >= 15 is 0 Å². The Morgan fingerprint density at radius 2 is 1.86 bits per heavy atom. The minimum absolute atomic E-state index is 0.176. The normalized spacial score (nSPS) is 13.0. The molecule has 4 rings (SSSR count). The second kappa shape index (κ2) is 8.74. The SMILES string of the molecule is O=C(NCCCc1ccccc1)Nc1ccccc1-c1cn2c(n1)CCCC2. The van der Waals surface area contributed by atoms with E-state index in [1.807, 2.05) is 42.5 Å². The summed E-state index contributed by atoms with van der Waals surface area (Å²) in [6.07, 6.45) is 7.39. The second-order valence-corrected chi connectivity index (χ2v) is 7.21. The third kappa shape index (κ3) is 4.42. The molecular weight excluding hydrogens is 348 g/mol. The third-order valence-electron chi connectivity index (χ3n) is 5.13. The van der Waals surface area contributed by atoms with E-state index in [0.717, 1.165) is 48.6 Å². The topological polar surface area (TPSA) is 59.0 Å². The first-order valence-corrected chi connectivity index (χ1v) is 10.0. The number of rotatable bonds is 6. The lowest BCUT2D eigenvalue weighted by Crippen LogP contribution is -2.30. The Bertz CT molecular complexity index is 909. The van der Waals surface area contributed by atoms with E-state index in [2.05, 4.69) is 33.5 Å². The van der Waals surface area contributed by atoms with Crippen LogP contribution in [0.2, 0.25) is 0 Å². The number of aryl methyl sites for hydroxylation is 3. The van der Waals surface area contributed by atoms with Crippen molar-refractivity contribution >= 4 is 11.7 Å². The van der Waals surface area contributed by atoms with Crippen LogP contribution in [0.1, 0.15) is 30.7 Å². The maximum atomic E-state index is 12.4. The number of urea groups is 1. The van der Waals surface area contributed by atoms with Crippen molar-refractivity contribution in [2.24, 2.45) is 0 Å². The molecule has 2 amide bonds. The van der Waals surface area contributed by atoms with Crippen molar-refractivity contribution in [3.8, 4) is 11.3 Å². The quantitative estimate of drug-likeness (QED) is 0.618. The van der Waals surface area contributed by atoms with Crippen LogP contribution in [0.25, 0.3) is 11.3 Å². The molecule has 0 fully saturated rings. The number of carbonyl (C=O) groups is 1. The van der Waals surface area contributed by atoms with Crippen LogP contribution in [0.5, 0.6) is 0 Å². The Morgan fingerprint density at radius 1 is 1.04 bits per heavy atom. The lowest BCUT2D eigenvalue weighted by molar-refractivity contribution is 0.252. The van der Waals surface area contributed by atoms with Gasteiger partial charge in [-0.25, -0.2) is 9.78 Å². The van der Waals surface area contributed by atoms with Crippen LogP contribution in [-0.4, -0.2) is 22.1 Å². The van der Waals surface area contributed by atoms with Crippen LogP contribution in [-0.2, 0) is 19.4 Å². The smallest absolute Gasteiger partial charge is 0.319 e. The molecule has 0 bridgehead atoms. The molecule has 28 heavy (non-hydrogen) atoms. The zero-order valence-corrected chi connectivity index (χ0v) is 16.0. The number of amides is 2. The fourth-order valence-corrected chi connectivity index (χ4v) is 3.66. The van der Waals surface area contributed by atoms with Crippen LogP contribution in [0.3, 0.4) is 0 Å². The maximum absolute atomic E-state index is 12.4. The van der Waals surface area contributed by atoms with Crippen LogP contribution in [0.15, 0.2) is 60.8 Å². The average molecular weight is 374 g/mol. The van der Waals surface area contributed by atoms with Gasteiger partial charge >= 0.3 is 6.03 Å². The third-order valence-corrected chi connectivity index (χ3v) is 5.13. The average Bonchev–Trinajstić information content (AvgIpc) is 3.16. The molecule has 2 aromatic carbocycles. The molecule has 0 aliphatic carbocycles. The zero-order valence-electron chi connectivity index (χ0n) is 16.0. The summed E-state index contributed by atoms with van der Waals surface area (Å²) in [5.74, 6) is 1.14. The highest BCUT2D eigenvalue weighted by atomic mass is 16.2. The van der Waals surface area contributed by atoms with Crippen molar-refractivity contribution in [1.29, 1.82) is 0 Å². The first kappa shape index (κ1) is 18.3. The highest BCUT2D eigenvalue weighted by Crippen LogP contribution is 2.28. The number of anilines is 1. The summed E-state index contributed by atoms with van der Waals surface area (Å²) >= 11 is 0. The summed E-state index contributed by atoms with van der Waals surface area (Å²) in [7, 11) is 0. The van der Waals surface area contributed by atoms with Crippen molar-refractivity contribution in [3.05, 3.63) is 72.2 Å². The molecule has 0 spiro atoms. The minimum Gasteiger partial charge on any atom is -0.338 e. The van der Waals surface area contributed by atoms with Gasteiger partial charge in [-0.1, -0.05) is 48.5 Å². The van der Waals surface area contributed by atoms with Gasteiger partial charge in [-0.3, -0.25) is 0 Å². The Hall–Kier alpha value is -3.08. The van der Waals surface area contributed by atoms with Gasteiger partial charge in [-0.05, 0) is 37.3 Å². The van der Waals surface area contributed by atoms with Crippen LogP contribution >= 0.6 is 0 Å². The predicted molar refractivity (Wildman–Crippen MR) is 112 cm³/mol. The van der Waals surface area contributed by atoms with E-state index in [-0.39, 0.29) is 6.03 Å². The standard InChI is InChI=1S/C23H26N4O/c28-23(24-15-8-11-18-9-2-1-3-10-18)26-20-13-5-4-12-19(20)21-17-27-16-7-6-14-22(27)25-21/h1-5,9-10,12-13,17H,6-8,11,14-16H2,(H2,24,26,28). The van der Waals surface area contributed by atoms with Crippen molar-refractivity contribution in [3.63, 3.8) is 0 Å². The number of hydrogen-bond donors (Lipinski definition) is 2. The summed E-state index contributed by atoms with van der Waals surface area (Å²) in [5.41, 5.74) is 3.97. The lowest BCUT2D eigenvalue weighted by Gasteiger charge is -2.11. The molecule has 144 valence electrons. The van der Waals surface area contributed by atoms with Gasteiger partial charge in [0.05, 0.1) is 11.4 Å².